The molecule has 1 aromatic carbocycles. The smallest absolute Gasteiger partial charge is 0.244 e. The van der Waals surface area contributed by atoms with E-state index in [2.05, 4.69) is 6.92 Å². The van der Waals surface area contributed by atoms with Crippen LogP contribution in [-0.2, 0) is 10.0 Å². The van der Waals surface area contributed by atoms with Gasteiger partial charge in [0.1, 0.15) is 6.07 Å². The van der Waals surface area contributed by atoms with E-state index in [0.717, 1.165) is 12.8 Å². The molecule has 0 radical (unpaired) electrons. The first-order chi connectivity index (χ1) is 9.50. The monoisotopic (exact) mass is 293 g/mol. The van der Waals surface area contributed by atoms with Gasteiger partial charge in [-0.1, -0.05) is 25.5 Å². The fourth-order valence-corrected chi connectivity index (χ4v) is 4.33. The zero-order chi connectivity index (χ0) is 14.8. The molecule has 1 aliphatic heterocycles. The molecule has 2 atom stereocenters. The lowest BCUT2D eigenvalue weighted by Gasteiger charge is -2.17. The van der Waals surface area contributed by atoms with Crippen LogP contribution in [0.25, 0.3) is 0 Å². The van der Waals surface area contributed by atoms with Crippen molar-refractivity contribution in [1.82, 2.24) is 4.31 Å². The van der Waals surface area contributed by atoms with E-state index in [0.29, 0.717) is 13.1 Å². The van der Waals surface area contributed by atoms with Gasteiger partial charge in [-0.3, -0.25) is 0 Å². The molecule has 108 valence electrons. The third-order valence-electron chi connectivity index (χ3n) is 3.74. The van der Waals surface area contributed by atoms with Crippen LogP contribution < -0.4 is 5.73 Å². The van der Waals surface area contributed by atoms with Gasteiger partial charge in [-0.05, 0) is 24.5 Å². The number of benzene rings is 1. The van der Waals surface area contributed by atoms with Gasteiger partial charge in [0.15, 0.2) is 0 Å². The van der Waals surface area contributed by atoms with Gasteiger partial charge in [-0.25, -0.2) is 8.42 Å². The van der Waals surface area contributed by atoms with Gasteiger partial charge in [0.25, 0.3) is 0 Å². The molecule has 0 spiro atoms. The van der Waals surface area contributed by atoms with Crippen LogP contribution in [-0.4, -0.2) is 31.9 Å². The molecule has 0 aliphatic carbocycles. The van der Waals surface area contributed by atoms with Crippen molar-refractivity contribution in [2.24, 2.45) is 11.7 Å². The highest BCUT2D eigenvalue weighted by Gasteiger charge is 2.37. The van der Waals surface area contributed by atoms with Gasteiger partial charge >= 0.3 is 0 Å². The van der Waals surface area contributed by atoms with Gasteiger partial charge in [0.05, 0.1) is 10.5 Å². The highest BCUT2D eigenvalue weighted by atomic mass is 32.2. The maximum atomic E-state index is 12.6. The maximum Gasteiger partial charge on any atom is 0.244 e. The van der Waals surface area contributed by atoms with Crippen molar-refractivity contribution in [3.63, 3.8) is 0 Å². The average molecular weight is 293 g/mol. The van der Waals surface area contributed by atoms with Gasteiger partial charge in [0.2, 0.25) is 10.0 Å². The molecule has 1 aromatic rings. The van der Waals surface area contributed by atoms with E-state index in [4.69, 9.17) is 11.0 Å². The predicted octanol–water partition coefficient (Wildman–Crippen LogP) is 1.31. The van der Waals surface area contributed by atoms with Crippen LogP contribution in [0.1, 0.15) is 25.3 Å². The molecule has 2 N–H and O–H groups in total. The number of hydrogen-bond acceptors (Lipinski definition) is 4. The molecule has 2 rings (SSSR count). The van der Waals surface area contributed by atoms with Crippen LogP contribution in [0.5, 0.6) is 0 Å². The van der Waals surface area contributed by atoms with Gasteiger partial charge in [0, 0.05) is 19.1 Å². The Morgan fingerprint density at radius 1 is 1.40 bits per heavy atom. The SMILES string of the molecule is CCC[C@@H]1CN(S(=O)(=O)c2ccccc2C#N)C[C@H]1N. The molecule has 1 heterocycles. The molecule has 1 saturated heterocycles. The Hall–Kier alpha value is -1.42. The number of nitrogens with zero attached hydrogens (tertiary/aromatic N) is 2. The highest BCUT2D eigenvalue weighted by Crippen LogP contribution is 2.27. The Labute approximate surface area is 120 Å². The molecule has 0 aromatic heterocycles. The highest BCUT2D eigenvalue weighted by molar-refractivity contribution is 7.89. The summed E-state index contributed by atoms with van der Waals surface area (Å²) in [5, 5.41) is 9.06. The first-order valence-corrected chi connectivity index (χ1v) is 8.19. The number of nitriles is 1. The maximum absolute atomic E-state index is 12.6. The van der Waals surface area contributed by atoms with Crippen LogP contribution in [0.4, 0.5) is 0 Å². The fourth-order valence-electron chi connectivity index (χ4n) is 2.65. The Balaban J connectivity index is 2.31. The summed E-state index contributed by atoms with van der Waals surface area (Å²) in [6.45, 7) is 2.83. The van der Waals surface area contributed by atoms with Crippen LogP contribution >= 0.6 is 0 Å². The zero-order valence-corrected chi connectivity index (χ0v) is 12.3. The number of rotatable bonds is 4. The molecule has 1 aliphatic rings. The Bertz CT molecular complexity index is 622. The van der Waals surface area contributed by atoms with Crippen molar-refractivity contribution in [1.29, 1.82) is 5.26 Å². The van der Waals surface area contributed by atoms with Crippen molar-refractivity contribution in [3.05, 3.63) is 29.8 Å². The lowest BCUT2D eigenvalue weighted by atomic mass is 9.99. The first-order valence-electron chi connectivity index (χ1n) is 6.75. The van der Waals surface area contributed by atoms with Gasteiger partial charge < -0.3 is 5.73 Å². The van der Waals surface area contributed by atoms with E-state index in [-0.39, 0.29) is 22.4 Å². The molecule has 0 saturated carbocycles. The predicted molar refractivity (Wildman–Crippen MR) is 76.3 cm³/mol. The van der Waals surface area contributed by atoms with E-state index < -0.39 is 10.0 Å². The third kappa shape index (κ3) is 2.70. The first kappa shape index (κ1) is 15.0. The summed E-state index contributed by atoms with van der Waals surface area (Å²) >= 11 is 0. The second kappa shape index (κ2) is 5.92. The molecule has 20 heavy (non-hydrogen) atoms. The number of hydrogen-bond donors (Lipinski definition) is 1. The summed E-state index contributed by atoms with van der Waals surface area (Å²) in [4.78, 5) is 0.0758. The molecule has 6 heteroatoms. The minimum Gasteiger partial charge on any atom is -0.326 e. The number of sulfonamides is 1. The van der Waals surface area contributed by atoms with Gasteiger partial charge in [-0.2, -0.15) is 9.57 Å². The van der Waals surface area contributed by atoms with E-state index >= 15 is 0 Å². The second-order valence-corrected chi connectivity index (χ2v) is 7.05. The largest absolute Gasteiger partial charge is 0.326 e. The molecule has 0 unspecified atom stereocenters. The van der Waals surface area contributed by atoms with Crippen molar-refractivity contribution in [2.45, 2.75) is 30.7 Å². The van der Waals surface area contributed by atoms with E-state index in [1.807, 2.05) is 6.07 Å². The van der Waals surface area contributed by atoms with Crippen LogP contribution in [0.15, 0.2) is 29.2 Å². The summed E-state index contributed by atoms with van der Waals surface area (Å²) in [7, 11) is -3.63. The minimum atomic E-state index is -3.63. The minimum absolute atomic E-state index is 0.0758. The Kier molecular flexibility index (Phi) is 4.43. The fraction of sp³-hybridized carbons (Fsp3) is 0.500. The topological polar surface area (TPSA) is 87.2 Å². The van der Waals surface area contributed by atoms with Crippen LogP contribution in [0.2, 0.25) is 0 Å². The molecule has 0 amide bonds. The summed E-state index contributed by atoms with van der Waals surface area (Å²) in [5.74, 6) is 0.198. The quantitative estimate of drug-likeness (QED) is 0.906. The lowest BCUT2D eigenvalue weighted by Crippen LogP contribution is -2.32. The van der Waals surface area contributed by atoms with E-state index in [9.17, 15) is 8.42 Å². The second-order valence-electron chi connectivity index (χ2n) is 5.14. The van der Waals surface area contributed by atoms with Crippen molar-refractivity contribution in [2.75, 3.05) is 13.1 Å². The molecular formula is C14H19N3O2S. The standard InChI is InChI=1S/C14H19N3O2S/c1-2-5-12-9-17(10-13(12)16)20(18,19)14-7-4-3-6-11(14)8-15/h3-4,6-7,12-13H,2,5,9-10,16H2,1H3/t12-,13-/m1/s1. The molecule has 0 bridgehead atoms. The van der Waals surface area contributed by atoms with Gasteiger partial charge in [-0.15, -0.1) is 0 Å². The normalized spacial score (nSPS) is 23.6. The Morgan fingerprint density at radius 2 is 2.10 bits per heavy atom. The van der Waals surface area contributed by atoms with E-state index in [1.165, 1.54) is 16.4 Å². The summed E-state index contributed by atoms with van der Waals surface area (Å²) < 4.78 is 26.7. The van der Waals surface area contributed by atoms with Crippen molar-refractivity contribution >= 4 is 10.0 Å². The zero-order valence-electron chi connectivity index (χ0n) is 11.5. The van der Waals surface area contributed by atoms with Crippen molar-refractivity contribution in [3.8, 4) is 6.07 Å². The molecular weight excluding hydrogens is 274 g/mol. The number of nitrogens with two attached hydrogens (primary N) is 1. The lowest BCUT2D eigenvalue weighted by molar-refractivity contribution is 0.439. The van der Waals surface area contributed by atoms with Crippen LogP contribution in [0, 0.1) is 17.2 Å². The summed E-state index contributed by atoms with van der Waals surface area (Å²) in [6.07, 6.45) is 1.91. The summed E-state index contributed by atoms with van der Waals surface area (Å²) in [5.41, 5.74) is 6.21. The van der Waals surface area contributed by atoms with E-state index in [1.54, 1.807) is 12.1 Å². The van der Waals surface area contributed by atoms with Crippen LogP contribution in [0.3, 0.4) is 0 Å². The summed E-state index contributed by atoms with van der Waals surface area (Å²) in [6, 6.07) is 8.10. The Morgan fingerprint density at radius 3 is 2.75 bits per heavy atom. The third-order valence-corrected chi connectivity index (χ3v) is 5.63. The molecule has 1 fully saturated rings. The van der Waals surface area contributed by atoms with Crippen molar-refractivity contribution < 1.29 is 8.42 Å². The average Bonchev–Trinajstić information content (AvgIpc) is 2.81. The molecule has 5 nitrogen and oxygen atoms in total.